The van der Waals surface area contributed by atoms with Crippen molar-refractivity contribution >= 4 is 118 Å². The number of fused-ring (bicyclic) bond motifs is 6. The lowest BCUT2D eigenvalue weighted by Gasteiger charge is -2.27. The van der Waals surface area contributed by atoms with Gasteiger partial charge in [-0.2, -0.15) is 0 Å². The van der Waals surface area contributed by atoms with Crippen molar-refractivity contribution in [3.63, 3.8) is 0 Å². The monoisotopic (exact) mass is 1670 g/mol. The summed E-state index contributed by atoms with van der Waals surface area (Å²) in [4.78, 5) is 146. The maximum atomic E-state index is 12.9. The molecule has 13 heterocycles. The second-order valence-electron chi connectivity index (χ2n) is 30.4. The standard InChI is InChI=1S/C21H20N2O3.C18H17N3O2.C18H16N2O3.3C15H12N2O/c24-20(16-13-22-17-10-5-4-9-15(16)17)18-11-6-12-19(23-18)21(25)26-14-7-2-1-3-8-14;22-18(14-12-19-15-5-2-1-4-13(14)15)16-6-3-7-17(20-16)21-8-10-23-11-9-21;1-11(2)23-18(22)16-9-5-8-15(20-16)17(21)13-10-19-14-7-4-3-6-12(13)14;3*1-10-5-4-8-14(17-10)15(18)12-9-16-13-7-3-2-6-11(12)13/h4-6,9-14,22H,1-3,7-8H2;1-7,12,19H,8-11H2;3-11,19H,1-2H3;3*2-9,16H,1H3. The van der Waals surface area contributed by atoms with Crippen molar-refractivity contribution in [2.75, 3.05) is 31.2 Å². The van der Waals surface area contributed by atoms with E-state index in [1.54, 1.807) is 106 Å². The minimum Gasteiger partial charge on any atom is -0.458 e. The number of para-hydroxylation sites is 6. The Morgan fingerprint density at radius 2 is 0.571 bits per heavy atom. The van der Waals surface area contributed by atoms with E-state index in [0.29, 0.717) is 69.4 Å². The molecule has 628 valence electrons. The number of anilines is 1. The number of carbonyl (C=O) groups excluding carboxylic acids is 8. The van der Waals surface area contributed by atoms with Gasteiger partial charge in [0.05, 0.1) is 19.3 Å². The summed E-state index contributed by atoms with van der Waals surface area (Å²) in [5.41, 5.74) is 14.6. The zero-order chi connectivity index (χ0) is 87.6. The number of hydrogen-bond acceptors (Lipinski definition) is 18. The molecule has 0 atom stereocenters. The molecule has 2 fully saturated rings. The van der Waals surface area contributed by atoms with Crippen molar-refractivity contribution in [1.82, 2.24) is 59.8 Å². The fourth-order valence-corrected chi connectivity index (χ4v) is 14.9. The average molecular weight is 1670 g/mol. The minimum absolute atomic E-state index is 0.0361. The SMILES string of the molecule is CC(C)OC(=O)c1cccc(C(=O)c2c[nH]c3ccccc23)n1.Cc1cccc(C(=O)c2c[nH]c3ccccc23)n1.Cc1cccc(C(=O)c2c[nH]c3ccccc23)n1.Cc1cccc(C(=O)c2c[nH]c3ccccc23)n1.O=C(OC1CCCCC1)c1cccc(C(=O)c2c[nH]c3ccccc23)n1.O=C(c1cccc(N2CCOCC2)n1)c1c[nH]c2ccccc12. The maximum absolute atomic E-state index is 12.9. The Morgan fingerprint density at radius 3 is 0.873 bits per heavy atom. The number of H-pyrrole nitrogens is 6. The number of esters is 2. The lowest BCUT2D eigenvalue weighted by molar-refractivity contribution is 0.0203. The van der Waals surface area contributed by atoms with E-state index < -0.39 is 11.9 Å². The number of aryl methyl sites for hydroxylation is 3. The predicted molar refractivity (Wildman–Crippen MR) is 486 cm³/mol. The topological polar surface area (TPSA) is 340 Å². The molecule has 0 bridgehead atoms. The first kappa shape index (κ1) is 85.2. The Morgan fingerprint density at radius 1 is 0.310 bits per heavy atom. The van der Waals surface area contributed by atoms with Gasteiger partial charge in [-0.3, -0.25) is 28.8 Å². The van der Waals surface area contributed by atoms with Gasteiger partial charge in [0.25, 0.3) is 0 Å². The number of aromatic nitrogens is 12. The van der Waals surface area contributed by atoms with Gasteiger partial charge in [-0.1, -0.05) is 152 Å². The second kappa shape index (κ2) is 39.8. The summed E-state index contributed by atoms with van der Waals surface area (Å²) in [6, 6.07) is 77.9. The number of pyridine rings is 6. The highest BCUT2D eigenvalue weighted by molar-refractivity contribution is 6.20. The van der Waals surface area contributed by atoms with Crippen molar-refractivity contribution in [1.29, 1.82) is 0 Å². The molecule has 12 aromatic heterocycles. The lowest BCUT2D eigenvalue weighted by atomic mass is 9.98. The van der Waals surface area contributed by atoms with Crippen LogP contribution in [-0.4, -0.2) is 145 Å². The Hall–Kier alpha value is -15.8. The van der Waals surface area contributed by atoms with Crippen LogP contribution in [0, 0.1) is 20.8 Å². The number of morpholine rings is 1. The summed E-state index contributed by atoms with van der Waals surface area (Å²) >= 11 is 0. The fraction of sp³-hybridized carbons (Fsp3) is 0.157. The number of aromatic amines is 6. The molecule has 18 aromatic rings. The first-order valence-corrected chi connectivity index (χ1v) is 41.5. The number of nitrogens with one attached hydrogen (secondary N) is 6. The molecule has 24 heteroatoms. The lowest BCUT2D eigenvalue weighted by Crippen LogP contribution is -2.36. The zero-order valence-electron chi connectivity index (χ0n) is 69.9. The van der Waals surface area contributed by atoms with E-state index in [-0.39, 0.29) is 69.7 Å². The molecule has 1 aliphatic heterocycles. The number of rotatable bonds is 17. The minimum atomic E-state index is -0.534. The van der Waals surface area contributed by atoms with Gasteiger partial charge in [-0.15, -0.1) is 0 Å². The van der Waals surface area contributed by atoms with Gasteiger partial charge < -0.3 is 49.0 Å². The van der Waals surface area contributed by atoms with E-state index in [0.717, 1.165) is 127 Å². The third-order valence-corrected chi connectivity index (χ3v) is 21.2. The first-order valence-electron chi connectivity index (χ1n) is 41.5. The van der Waals surface area contributed by atoms with Crippen LogP contribution in [0.15, 0.2) is 292 Å². The molecular weight excluding hydrogens is 1580 g/mol. The molecule has 0 radical (unpaired) electrons. The maximum Gasteiger partial charge on any atom is 0.357 e. The summed E-state index contributed by atoms with van der Waals surface area (Å²) in [6.07, 6.45) is 15.2. The van der Waals surface area contributed by atoms with Crippen molar-refractivity contribution < 1.29 is 52.6 Å². The highest BCUT2D eigenvalue weighted by atomic mass is 16.5. The van der Waals surface area contributed by atoms with Gasteiger partial charge in [0, 0.05) is 166 Å². The Balaban J connectivity index is 0.000000117. The van der Waals surface area contributed by atoms with Crippen LogP contribution < -0.4 is 4.90 Å². The van der Waals surface area contributed by atoms with Crippen LogP contribution >= 0.6 is 0 Å². The molecule has 20 rings (SSSR count). The van der Waals surface area contributed by atoms with Gasteiger partial charge in [0.15, 0.2) is 0 Å². The van der Waals surface area contributed by atoms with Crippen molar-refractivity contribution in [2.24, 2.45) is 0 Å². The molecule has 24 nitrogen and oxygen atoms in total. The van der Waals surface area contributed by atoms with Crippen LogP contribution in [0.4, 0.5) is 5.82 Å². The largest absolute Gasteiger partial charge is 0.458 e. The fourth-order valence-electron chi connectivity index (χ4n) is 14.9. The number of ketones is 6. The van der Waals surface area contributed by atoms with E-state index in [1.165, 1.54) is 12.5 Å². The van der Waals surface area contributed by atoms with Crippen LogP contribution in [-0.2, 0) is 14.2 Å². The number of nitrogens with zero attached hydrogens (tertiary/aromatic N) is 7. The molecule has 1 aliphatic carbocycles. The summed E-state index contributed by atoms with van der Waals surface area (Å²) in [5, 5.41) is 5.41. The van der Waals surface area contributed by atoms with Gasteiger partial charge >= 0.3 is 11.9 Å². The van der Waals surface area contributed by atoms with Crippen LogP contribution in [0.25, 0.3) is 65.4 Å². The van der Waals surface area contributed by atoms with Crippen LogP contribution in [0.3, 0.4) is 0 Å². The molecule has 0 spiro atoms. The molecule has 1 saturated carbocycles. The molecular formula is C102H89N13O11. The smallest absolute Gasteiger partial charge is 0.357 e. The van der Waals surface area contributed by atoms with Crippen molar-refractivity contribution in [2.45, 2.75) is 78.9 Å². The van der Waals surface area contributed by atoms with Gasteiger partial charge in [0.1, 0.15) is 57.5 Å². The quantitative estimate of drug-likeness (QED) is 0.0364. The van der Waals surface area contributed by atoms with Gasteiger partial charge in [-0.05, 0) is 169 Å². The van der Waals surface area contributed by atoms with E-state index in [9.17, 15) is 38.4 Å². The second-order valence-corrected chi connectivity index (χ2v) is 30.4. The number of benzene rings is 6. The summed E-state index contributed by atoms with van der Waals surface area (Å²) < 4.78 is 16.0. The third kappa shape index (κ3) is 20.2. The van der Waals surface area contributed by atoms with Crippen molar-refractivity contribution in [3.8, 4) is 0 Å². The first-order chi connectivity index (χ1) is 61.4. The molecule has 126 heavy (non-hydrogen) atoms. The summed E-state index contributed by atoms with van der Waals surface area (Å²) in [6.45, 7) is 12.2. The van der Waals surface area contributed by atoms with Crippen molar-refractivity contribution in [3.05, 3.63) is 388 Å². The Kier molecular flexibility index (Phi) is 26.9. The normalized spacial score (nSPS) is 12.4. The molecule has 0 amide bonds. The van der Waals surface area contributed by atoms with Gasteiger partial charge in [0.2, 0.25) is 34.7 Å². The molecule has 2 aliphatic rings. The number of carbonyl (C=O) groups is 8. The van der Waals surface area contributed by atoms with E-state index in [1.807, 2.05) is 215 Å². The van der Waals surface area contributed by atoms with Crippen LogP contribution in [0.2, 0.25) is 0 Å². The molecule has 1 saturated heterocycles. The van der Waals surface area contributed by atoms with Crippen LogP contribution in [0.5, 0.6) is 0 Å². The number of hydrogen-bond donors (Lipinski definition) is 6. The Labute approximate surface area is 724 Å². The van der Waals surface area contributed by atoms with E-state index >= 15 is 0 Å². The average Bonchev–Trinajstić information content (AvgIpc) is 1.67. The van der Waals surface area contributed by atoms with Gasteiger partial charge in [-0.25, -0.2) is 39.5 Å². The molecule has 0 unspecified atom stereocenters. The zero-order valence-corrected chi connectivity index (χ0v) is 69.9. The van der Waals surface area contributed by atoms with Crippen LogP contribution in [0.1, 0.15) is 180 Å². The van der Waals surface area contributed by atoms with E-state index in [4.69, 9.17) is 14.2 Å². The summed E-state index contributed by atoms with van der Waals surface area (Å²) in [7, 11) is 0. The predicted octanol–water partition coefficient (Wildman–Crippen LogP) is 19.6. The van der Waals surface area contributed by atoms with E-state index in [2.05, 4.69) is 64.7 Å². The third-order valence-electron chi connectivity index (χ3n) is 21.2. The Bertz CT molecular complexity index is 6710. The highest BCUT2D eigenvalue weighted by Crippen LogP contribution is 2.29. The number of ether oxygens (including phenoxy) is 3. The highest BCUT2D eigenvalue weighted by Gasteiger charge is 2.26. The molecule has 6 aromatic carbocycles. The summed E-state index contributed by atoms with van der Waals surface area (Å²) in [5.74, 6) is -0.796. The molecule has 6 N–H and O–H groups in total.